The molecule has 3 rings (SSSR count). The zero-order valence-corrected chi connectivity index (χ0v) is 14.3. The lowest BCUT2D eigenvalue weighted by atomic mass is 10.0. The number of pyridine rings is 1. The van der Waals surface area contributed by atoms with Crippen molar-refractivity contribution in [2.24, 2.45) is 0 Å². The second-order valence-corrected chi connectivity index (χ2v) is 6.83. The highest BCUT2D eigenvalue weighted by molar-refractivity contribution is 5.76. The summed E-state index contributed by atoms with van der Waals surface area (Å²) in [7, 11) is 0. The van der Waals surface area contributed by atoms with Crippen LogP contribution in [0.4, 0.5) is 0 Å². The maximum atomic E-state index is 12.9. The Kier molecular flexibility index (Phi) is 5.34. The molecule has 5 heteroatoms. The van der Waals surface area contributed by atoms with E-state index in [9.17, 15) is 14.7 Å². The highest BCUT2D eigenvalue weighted by Crippen LogP contribution is 2.30. The lowest BCUT2D eigenvalue weighted by Gasteiger charge is -2.31. The van der Waals surface area contributed by atoms with Crippen LogP contribution in [0.1, 0.15) is 31.2 Å². The SMILES string of the molecule is O=C(Cn1ccccc1=O)N(Cc1ccccc1)CC1(O)CCCC1. The number of amides is 1. The van der Waals surface area contributed by atoms with E-state index in [0.29, 0.717) is 13.1 Å². The number of hydrogen-bond donors (Lipinski definition) is 1. The summed E-state index contributed by atoms with van der Waals surface area (Å²) in [6, 6.07) is 14.6. The van der Waals surface area contributed by atoms with Crippen molar-refractivity contribution in [3.8, 4) is 0 Å². The van der Waals surface area contributed by atoms with Gasteiger partial charge in [-0.15, -0.1) is 0 Å². The van der Waals surface area contributed by atoms with E-state index in [1.165, 1.54) is 10.6 Å². The number of aromatic nitrogens is 1. The molecule has 0 unspecified atom stereocenters. The number of rotatable bonds is 6. The first kappa shape index (κ1) is 17.4. The molecule has 0 aliphatic heterocycles. The van der Waals surface area contributed by atoms with Gasteiger partial charge in [0.15, 0.2) is 0 Å². The second-order valence-electron chi connectivity index (χ2n) is 6.83. The molecule has 2 aromatic rings. The van der Waals surface area contributed by atoms with Gasteiger partial charge in [-0.25, -0.2) is 0 Å². The van der Waals surface area contributed by atoms with Crippen molar-refractivity contribution >= 4 is 5.91 Å². The van der Waals surface area contributed by atoms with E-state index in [1.807, 2.05) is 30.3 Å². The number of hydrogen-bond acceptors (Lipinski definition) is 3. The van der Waals surface area contributed by atoms with Crippen LogP contribution in [0.25, 0.3) is 0 Å². The van der Waals surface area contributed by atoms with Crippen LogP contribution in [-0.4, -0.2) is 32.6 Å². The summed E-state index contributed by atoms with van der Waals surface area (Å²) in [4.78, 5) is 26.4. The predicted molar refractivity (Wildman–Crippen MR) is 96.0 cm³/mol. The summed E-state index contributed by atoms with van der Waals surface area (Å²) in [5.74, 6) is -0.155. The maximum absolute atomic E-state index is 12.9. The minimum Gasteiger partial charge on any atom is -0.388 e. The zero-order valence-electron chi connectivity index (χ0n) is 14.3. The van der Waals surface area contributed by atoms with Gasteiger partial charge in [0.1, 0.15) is 6.54 Å². The van der Waals surface area contributed by atoms with Crippen molar-refractivity contribution in [1.82, 2.24) is 9.47 Å². The van der Waals surface area contributed by atoms with Crippen LogP contribution >= 0.6 is 0 Å². The number of carbonyl (C=O) groups excluding carboxylic acids is 1. The van der Waals surface area contributed by atoms with E-state index >= 15 is 0 Å². The van der Waals surface area contributed by atoms with Gasteiger partial charge in [0.25, 0.3) is 5.56 Å². The van der Waals surface area contributed by atoms with Crippen LogP contribution in [0.2, 0.25) is 0 Å². The molecule has 1 aromatic carbocycles. The topological polar surface area (TPSA) is 62.5 Å². The quantitative estimate of drug-likeness (QED) is 0.877. The Morgan fingerprint density at radius 1 is 1.08 bits per heavy atom. The Labute approximate surface area is 147 Å². The average molecular weight is 340 g/mol. The number of nitrogens with zero attached hydrogens (tertiary/aromatic N) is 2. The third kappa shape index (κ3) is 4.57. The molecule has 0 atom stereocenters. The van der Waals surface area contributed by atoms with Crippen molar-refractivity contribution in [3.63, 3.8) is 0 Å². The molecule has 1 saturated carbocycles. The maximum Gasteiger partial charge on any atom is 0.250 e. The second kappa shape index (κ2) is 7.66. The molecule has 132 valence electrons. The van der Waals surface area contributed by atoms with Gasteiger partial charge >= 0.3 is 0 Å². The fourth-order valence-corrected chi connectivity index (χ4v) is 3.42. The fourth-order valence-electron chi connectivity index (χ4n) is 3.42. The first-order valence-corrected chi connectivity index (χ1v) is 8.75. The molecule has 0 bridgehead atoms. The van der Waals surface area contributed by atoms with Crippen LogP contribution in [-0.2, 0) is 17.9 Å². The summed E-state index contributed by atoms with van der Waals surface area (Å²) in [5.41, 5.74) is -0.000491. The highest BCUT2D eigenvalue weighted by atomic mass is 16.3. The molecule has 0 saturated heterocycles. The third-order valence-electron chi connectivity index (χ3n) is 4.79. The molecule has 1 aliphatic rings. The molecular formula is C20H24N2O3. The van der Waals surface area contributed by atoms with Gasteiger partial charge in [-0.05, 0) is 24.5 Å². The minimum absolute atomic E-state index is 0.0113. The van der Waals surface area contributed by atoms with Crippen molar-refractivity contribution in [3.05, 3.63) is 70.6 Å². The first-order chi connectivity index (χ1) is 12.1. The summed E-state index contributed by atoms with van der Waals surface area (Å²) in [6.45, 7) is 0.731. The normalized spacial score (nSPS) is 15.9. The lowest BCUT2D eigenvalue weighted by Crippen LogP contribution is -2.45. The van der Waals surface area contributed by atoms with Crippen molar-refractivity contribution in [1.29, 1.82) is 0 Å². The molecule has 1 amide bonds. The molecule has 25 heavy (non-hydrogen) atoms. The van der Waals surface area contributed by atoms with Crippen LogP contribution < -0.4 is 5.56 Å². The summed E-state index contributed by atoms with van der Waals surface area (Å²) < 4.78 is 1.40. The van der Waals surface area contributed by atoms with Crippen LogP contribution in [0.5, 0.6) is 0 Å². The summed E-state index contributed by atoms with van der Waals surface area (Å²) in [6.07, 6.45) is 5.03. The zero-order chi connectivity index (χ0) is 17.7. The van der Waals surface area contributed by atoms with Crippen molar-refractivity contribution < 1.29 is 9.90 Å². The fraction of sp³-hybridized carbons (Fsp3) is 0.400. The minimum atomic E-state index is -0.813. The Balaban J connectivity index is 1.78. The molecule has 1 fully saturated rings. The van der Waals surface area contributed by atoms with Gasteiger partial charge in [-0.2, -0.15) is 0 Å². The van der Waals surface area contributed by atoms with Crippen LogP contribution in [0, 0.1) is 0 Å². The third-order valence-corrected chi connectivity index (χ3v) is 4.79. The Hall–Kier alpha value is -2.40. The largest absolute Gasteiger partial charge is 0.388 e. The highest BCUT2D eigenvalue weighted by Gasteiger charge is 2.34. The van der Waals surface area contributed by atoms with Gasteiger partial charge < -0.3 is 14.6 Å². The number of benzene rings is 1. The van der Waals surface area contributed by atoms with E-state index in [-0.39, 0.29) is 18.0 Å². The Morgan fingerprint density at radius 3 is 2.44 bits per heavy atom. The van der Waals surface area contributed by atoms with E-state index in [2.05, 4.69) is 0 Å². The van der Waals surface area contributed by atoms with Crippen molar-refractivity contribution in [2.75, 3.05) is 6.54 Å². The van der Waals surface area contributed by atoms with Gasteiger partial charge in [-0.1, -0.05) is 49.2 Å². The Bertz CT molecular complexity index is 764. The molecule has 1 aliphatic carbocycles. The van der Waals surface area contributed by atoms with Gasteiger partial charge in [0.2, 0.25) is 5.91 Å². The molecular weight excluding hydrogens is 316 g/mol. The number of carbonyl (C=O) groups is 1. The lowest BCUT2D eigenvalue weighted by molar-refractivity contribution is -0.136. The van der Waals surface area contributed by atoms with Crippen LogP contribution in [0.3, 0.4) is 0 Å². The standard InChI is InChI=1S/C20H24N2O3/c23-18-10-4-7-13-21(18)15-19(24)22(14-17-8-2-1-3-9-17)16-20(25)11-5-6-12-20/h1-4,7-10,13,25H,5-6,11-12,14-16H2. The molecule has 0 spiro atoms. The number of aliphatic hydroxyl groups is 1. The van der Waals surface area contributed by atoms with Gasteiger partial charge in [0.05, 0.1) is 5.60 Å². The van der Waals surface area contributed by atoms with Gasteiger partial charge in [-0.3, -0.25) is 9.59 Å². The molecule has 0 radical (unpaired) electrons. The van der Waals surface area contributed by atoms with E-state index in [0.717, 1.165) is 31.2 Å². The van der Waals surface area contributed by atoms with E-state index < -0.39 is 5.60 Å². The summed E-state index contributed by atoms with van der Waals surface area (Å²) in [5, 5.41) is 10.7. The summed E-state index contributed by atoms with van der Waals surface area (Å²) >= 11 is 0. The van der Waals surface area contributed by atoms with E-state index in [1.54, 1.807) is 23.2 Å². The monoisotopic (exact) mass is 340 g/mol. The van der Waals surface area contributed by atoms with Crippen LogP contribution in [0.15, 0.2) is 59.5 Å². The molecule has 1 N–H and O–H groups in total. The first-order valence-electron chi connectivity index (χ1n) is 8.75. The molecule has 1 aromatic heterocycles. The average Bonchev–Trinajstić information content (AvgIpc) is 3.03. The molecule has 5 nitrogen and oxygen atoms in total. The van der Waals surface area contributed by atoms with Gasteiger partial charge in [0, 0.05) is 25.4 Å². The van der Waals surface area contributed by atoms with E-state index in [4.69, 9.17) is 0 Å². The smallest absolute Gasteiger partial charge is 0.250 e. The predicted octanol–water partition coefficient (Wildman–Crippen LogP) is 2.18. The molecule has 1 heterocycles. The van der Waals surface area contributed by atoms with Crippen molar-refractivity contribution in [2.45, 2.75) is 44.4 Å². The Morgan fingerprint density at radius 2 is 1.76 bits per heavy atom.